The summed E-state index contributed by atoms with van der Waals surface area (Å²) in [5, 5.41) is 0. The Labute approximate surface area is 175 Å². The molecule has 29 heavy (non-hydrogen) atoms. The molecule has 3 fully saturated rings. The minimum Gasteiger partial charge on any atom is -0.465 e. The average molecular weight is 401 g/mol. The van der Waals surface area contributed by atoms with E-state index >= 15 is 0 Å². The predicted octanol–water partition coefficient (Wildman–Crippen LogP) is 5.23. The highest BCUT2D eigenvalue weighted by atomic mass is 16.5. The molecule has 0 aromatic heterocycles. The molecule has 0 bridgehead atoms. The van der Waals surface area contributed by atoms with Crippen LogP contribution < -0.4 is 0 Å². The summed E-state index contributed by atoms with van der Waals surface area (Å²) in [7, 11) is 0. The quantitative estimate of drug-likeness (QED) is 0.479. The van der Waals surface area contributed by atoms with E-state index in [1.807, 2.05) is 0 Å². The highest BCUT2D eigenvalue weighted by molar-refractivity contribution is 5.66. The molecule has 0 aliphatic heterocycles. The third-order valence-electron chi connectivity index (χ3n) is 9.01. The van der Waals surface area contributed by atoms with Gasteiger partial charge in [-0.1, -0.05) is 24.6 Å². The van der Waals surface area contributed by atoms with Crippen molar-refractivity contribution in [3.63, 3.8) is 0 Å². The van der Waals surface area contributed by atoms with E-state index in [0.29, 0.717) is 29.8 Å². The molecule has 0 radical (unpaired) electrons. The summed E-state index contributed by atoms with van der Waals surface area (Å²) in [6.45, 7) is 10.1. The number of allylic oxidation sites excluding steroid dienone is 2. The molecule has 0 saturated heterocycles. The predicted molar refractivity (Wildman–Crippen MR) is 112 cm³/mol. The molecule has 0 heterocycles. The fourth-order valence-electron chi connectivity index (χ4n) is 7.69. The van der Waals surface area contributed by atoms with Gasteiger partial charge in [0.15, 0.2) is 0 Å². The van der Waals surface area contributed by atoms with Crippen molar-refractivity contribution in [2.75, 3.05) is 6.61 Å². The van der Waals surface area contributed by atoms with Crippen LogP contribution in [-0.4, -0.2) is 24.6 Å². The van der Waals surface area contributed by atoms with Crippen molar-refractivity contribution in [1.82, 2.24) is 0 Å². The molecular weight excluding hydrogens is 364 g/mol. The topological polar surface area (TPSA) is 52.6 Å². The number of carbonyl (C=O) groups excluding carboxylic acids is 2. The van der Waals surface area contributed by atoms with Crippen molar-refractivity contribution in [3.05, 3.63) is 24.3 Å². The maximum Gasteiger partial charge on any atom is 0.302 e. The number of fused-ring (bicyclic) bond motifs is 5. The average Bonchev–Trinajstić information content (AvgIpc) is 3.02. The zero-order valence-corrected chi connectivity index (χ0v) is 18.2. The summed E-state index contributed by atoms with van der Waals surface area (Å²) >= 11 is 0. The Morgan fingerprint density at radius 1 is 1.14 bits per heavy atom. The molecule has 160 valence electrons. The number of hydrogen-bond acceptors (Lipinski definition) is 4. The molecule has 7 unspecified atom stereocenters. The van der Waals surface area contributed by atoms with Crippen LogP contribution in [-0.2, 0) is 19.1 Å². The Morgan fingerprint density at radius 3 is 2.62 bits per heavy atom. The van der Waals surface area contributed by atoms with E-state index in [9.17, 15) is 9.59 Å². The highest BCUT2D eigenvalue weighted by Crippen LogP contribution is 2.66. The first-order valence-corrected chi connectivity index (χ1v) is 11.4. The number of carbonyl (C=O) groups is 2. The normalized spacial score (nSPS) is 43.3. The SMILES string of the molecule is C=CC1CCC2C3CC=C4CC(OC(C)=O)CCC4(COC(C)=O)C3CCC12C. The summed E-state index contributed by atoms with van der Waals surface area (Å²) in [6, 6.07) is 0. The third kappa shape index (κ3) is 3.37. The van der Waals surface area contributed by atoms with Crippen LogP contribution in [0.2, 0.25) is 0 Å². The monoisotopic (exact) mass is 400 g/mol. The zero-order valence-electron chi connectivity index (χ0n) is 18.2. The smallest absolute Gasteiger partial charge is 0.302 e. The van der Waals surface area contributed by atoms with Crippen LogP contribution in [0.4, 0.5) is 0 Å². The van der Waals surface area contributed by atoms with Crippen LogP contribution in [0, 0.1) is 34.5 Å². The van der Waals surface area contributed by atoms with Crippen LogP contribution >= 0.6 is 0 Å². The molecule has 0 amide bonds. The molecule has 3 saturated carbocycles. The summed E-state index contributed by atoms with van der Waals surface area (Å²) < 4.78 is 11.2. The Bertz CT molecular complexity index is 724. The fraction of sp³-hybridized carbons (Fsp3) is 0.760. The minimum absolute atomic E-state index is 0.0359. The second-order valence-corrected chi connectivity index (χ2v) is 10.2. The van der Waals surface area contributed by atoms with Crippen LogP contribution in [0.25, 0.3) is 0 Å². The maximum absolute atomic E-state index is 11.7. The van der Waals surface area contributed by atoms with E-state index in [2.05, 4.69) is 25.7 Å². The van der Waals surface area contributed by atoms with E-state index < -0.39 is 0 Å². The molecular formula is C25H36O4. The number of ether oxygens (including phenoxy) is 2. The zero-order chi connectivity index (χ0) is 20.8. The van der Waals surface area contributed by atoms with Crippen molar-refractivity contribution >= 4 is 11.9 Å². The van der Waals surface area contributed by atoms with Gasteiger partial charge in [-0.2, -0.15) is 0 Å². The molecule has 4 heteroatoms. The minimum atomic E-state index is -0.202. The fourth-order valence-corrected chi connectivity index (χ4v) is 7.69. The summed E-state index contributed by atoms with van der Waals surface area (Å²) in [6.07, 6.45) is 13.3. The van der Waals surface area contributed by atoms with Gasteiger partial charge in [-0.05, 0) is 74.0 Å². The summed E-state index contributed by atoms with van der Waals surface area (Å²) in [5.41, 5.74) is 1.67. The Balaban J connectivity index is 1.65. The molecule has 4 aliphatic carbocycles. The van der Waals surface area contributed by atoms with Crippen LogP contribution in [0.5, 0.6) is 0 Å². The second kappa shape index (κ2) is 7.59. The van der Waals surface area contributed by atoms with Gasteiger partial charge in [0.1, 0.15) is 12.7 Å². The third-order valence-corrected chi connectivity index (χ3v) is 9.01. The standard InChI is InChI=1S/C25H36O4/c1-5-18-7-9-22-21-8-6-19-14-20(29-17(3)27)10-13-25(19,15-28-16(2)26)23(21)11-12-24(18,22)4/h5-6,18,20-23H,1,7-15H2,2-4H3. The van der Waals surface area contributed by atoms with Gasteiger partial charge < -0.3 is 9.47 Å². The lowest BCUT2D eigenvalue weighted by Crippen LogP contribution is -2.53. The van der Waals surface area contributed by atoms with Crippen molar-refractivity contribution in [2.24, 2.45) is 34.5 Å². The first-order valence-electron chi connectivity index (χ1n) is 11.4. The van der Waals surface area contributed by atoms with Gasteiger partial charge in [0, 0.05) is 25.7 Å². The molecule has 4 rings (SSSR count). The van der Waals surface area contributed by atoms with E-state index in [0.717, 1.165) is 31.6 Å². The highest BCUT2D eigenvalue weighted by Gasteiger charge is 2.59. The van der Waals surface area contributed by atoms with Gasteiger partial charge in [-0.3, -0.25) is 9.59 Å². The lowest BCUT2D eigenvalue weighted by atomic mass is 9.47. The molecule has 4 aliphatic rings. The van der Waals surface area contributed by atoms with E-state index in [4.69, 9.17) is 9.47 Å². The lowest BCUT2D eigenvalue weighted by Gasteiger charge is -2.58. The lowest BCUT2D eigenvalue weighted by molar-refractivity contribution is -0.153. The molecule has 0 aromatic rings. The summed E-state index contributed by atoms with van der Waals surface area (Å²) in [4.78, 5) is 23.2. The van der Waals surface area contributed by atoms with Crippen molar-refractivity contribution in [1.29, 1.82) is 0 Å². The van der Waals surface area contributed by atoms with Gasteiger partial charge >= 0.3 is 11.9 Å². The van der Waals surface area contributed by atoms with Crippen molar-refractivity contribution in [2.45, 2.75) is 78.2 Å². The second-order valence-electron chi connectivity index (χ2n) is 10.2. The number of hydrogen-bond donors (Lipinski definition) is 0. The van der Waals surface area contributed by atoms with E-state index in [1.165, 1.54) is 45.1 Å². The summed E-state index contributed by atoms with van der Waals surface area (Å²) in [5.74, 6) is 2.17. The van der Waals surface area contributed by atoms with Crippen molar-refractivity contribution in [3.8, 4) is 0 Å². The Kier molecular flexibility index (Phi) is 5.41. The molecule has 0 N–H and O–H groups in total. The van der Waals surface area contributed by atoms with Crippen LogP contribution in [0.3, 0.4) is 0 Å². The molecule has 4 nitrogen and oxygen atoms in total. The number of esters is 2. The largest absolute Gasteiger partial charge is 0.465 e. The van der Waals surface area contributed by atoms with Crippen LogP contribution in [0.1, 0.15) is 72.1 Å². The van der Waals surface area contributed by atoms with Gasteiger partial charge in [-0.25, -0.2) is 0 Å². The van der Waals surface area contributed by atoms with Gasteiger partial charge in [0.05, 0.1) is 0 Å². The molecule has 7 atom stereocenters. The Hall–Kier alpha value is -1.58. The van der Waals surface area contributed by atoms with E-state index in [1.54, 1.807) is 0 Å². The maximum atomic E-state index is 11.7. The van der Waals surface area contributed by atoms with Gasteiger partial charge in [-0.15, -0.1) is 6.58 Å². The van der Waals surface area contributed by atoms with Gasteiger partial charge in [0.25, 0.3) is 0 Å². The Morgan fingerprint density at radius 2 is 1.93 bits per heavy atom. The van der Waals surface area contributed by atoms with Crippen LogP contribution in [0.15, 0.2) is 24.3 Å². The molecule has 0 spiro atoms. The van der Waals surface area contributed by atoms with E-state index in [-0.39, 0.29) is 23.5 Å². The number of rotatable bonds is 4. The molecule has 0 aromatic carbocycles. The first-order chi connectivity index (χ1) is 13.8. The first kappa shape index (κ1) is 20.7. The van der Waals surface area contributed by atoms with Gasteiger partial charge in [0.2, 0.25) is 0 Å². The van der Waals surface area contributed by atoms with Crippen molar-refractivity contribution < 1.29 is 19.1 Å².